The molecule has 0 aromatic heterocycles. The molecule has 1 unspecified atom stereocenters. The number of aliphatic hydroxyl groups excluding tert-OH is 1. The number of rotatable bonds is 7. The van der Waals surface area contributed by atoms with E-state index in [9.17, 15) is 9.90 Å². The number of carbonyl (C=O) groups is 1. The maximum absolute atomic E-state index is 11.7. The topological polar surface area (TPSA) is 80.3 Å². The summed E-state index contributed by atoms with van der Waals surface area (Å²) in [5.41, 5.74) is 1.48. The highest BCUT2D eigenvalue weighted by atomic mass is 16.5. The molecule has 1 atom stereocenters. The minimum absolute atomic E-state index is 0.0624. The molecule has 1 amide bonds. The summed E-state index contributed by atoms with van der Waals surface area (Å²) in [6.07, 6.45) is 5.59. The second-order valence-corrected chi connectivity index (χ2v) is 6.33. The summed E-state index contributed by atoms with van der Waals surface area (Å²) in [5, 5.41) is 13.1. The largest absolute Gasteiger partial charge is 0.490 e. The smallest absolute Gasteiger partial charge is 0.224 e. The second-order valence-electron chi connectivity index (χ2n) is 6.33. The van der Waals surface area contributed by atoms with Crippen molar-refractivity contribution in [2.45, 2.75) is 18.9 Å². The van der Waals surface area contributed by atoms with Gasteiger partial charge in [0.15, 0.2) is 0 Å². The number of benzene rings is 1. The number of nitrogens with zero attached hydrogens (tertiary/aromatic N) is 1. The number of morpholine rings is 1. The number of hydrogen-bond acceptors (Lipinski definition) is 6. The van der Waals surface area contributed by atoms with Gasteiger partial charge in [-0.3, -0.25) is 9.69 Å². The Morgan fingerprint density at radius 2 is 2.04 bits per heavy atom. The van der Waals surface area contributed by atoms with Gasteiger partial charge in [-0.05, 0) is 18.6 Å². The lowest BCUT2D eigenvalue weighted by molar-refractivity contribution is -0.116. The van der Waals surface area contributed by atoms with Gasteiger partial charge in [0.1, 0.15) is 30.8 Å². The van der Waals surface area contributed by atoms with Crippen LogP contribution >= 0.6 is 0 Å². The SMILES string of the molecule is C#CCOc1ccc(OCC(O)CN2CCOCC2)c2c1NC(=O)CC2. The normalized spacial score (nSPS) is 18.4. The number of aliphatic hydroxyl groups is 1. The van der Waals surface area contributed by atoms with E-state index < -0.39 is 6.10 Å². The van der Waals surface area contributed by atoms with Crippen LogP contribution in [0.25, 0.3) is 0 Å². The van der Waals surface area contributed by atoms with E-state index in [1.54, 1.807) is 12.1 Å². The second kappa shape index (κ2) is 8.90. The number of carbonyl (C=O) groups excluding carboxylic acids is 1. The zero-order chi connectivity index (χ0) is 18.4. The lowest BCUT2D eigenvalue weighted by Gasteiger charge is -2.29. The first kappa shape index (κ1) is 18.5. The Hall–Kier alpha value is -2.27. The fourth-order valence-electron chi connectivity index (χ4n) is 3.13. The molecule has 7 nitrogen and oxygen atoms in total. The molecule has 0 saturated carbocycles. The summed E-state index contributed by atoms with van der Waals surface area (Å²) < 4.78 is 16.7. The predicted molar refractivity (Wildman–Crippen MR) is 96.5 cm³/mol. The van der Waals surface area contributed by atoms with E-state index >= 15 is 0 Å². The highest BCUT2D eigenvalue weighted by molar-refractivity contribution is 5.96. The lowest BCUT2D eigenvalue weighted by atomic mass is 10.0. The van der Waals surface area contributed by atoms with Gasteiger partial charge in [-0.1, -0.05) is 5.92 Å². The zero-order valence-electron chi connectivity index (χ0n) is 14.7. The first-order chi connectivity index (χ1) is 12.7. The summed E-state index contributed by atoms with van der Waals surface area (Å²) >= 11 is 0. The van der Waals surface area contributed by atoms with Gasteiger partial charge < -0.3 is 24.6 Å². The van der Waals surface area contributed by atoms with Crippen LogP contribution in [0, 0.1) is 12.3 Å². The van der Waals surface area contributed by atoms with Crippen molar-refractivity contribution in [1.82, 2.24) is 4.90 Å². The van der Waals surface area contributed by atoms with Crippen molar-refractivity contribution in [1.29, 1.82) is 0 Å². The highest BCUT2D eigenvalue weighted by Crippen LogP contribution is 2.38. The third-order valence-electron chi connectivity index (χ3n) is 4.41. The Balaban J connectivity index is 1.64. The van der Waals surface area contributed by atoms with E-state index in [1.165, 1.54) is 0 Å². The van der Waals surface area contributed by atoms with Crippen molar-refractivity contribution in [3.05, 3.63) is 17.7 Å². The first-order valence-electron chi connectivity index (χ1n) is 8.80. The number of terminal acetylenes is 1. The first-order valence-corrected chi connectivity index (χ1v) is 8.80. The molecule has 0 spiro atoms. The Labute approximate surface area is 153 Å². The van der Waals surface area contributed by atoms with Gasteiger partial charge in [-0.2, -0.15) is 0 Å². The quantitative estimate of drug-likeness (QED) is 0.696. The molecule has 2 heterocycles. The number of amides is 1. The Morgan fingerprint density at radius 3 is 2.81 bits per heavy atom. The number of anilines is 1. The summed E-state index contributed by atoms with van der Waals surface area (Å²) in [6.45, 7) is 3.88. The fraction of sp³-hybridized carbons (Fsp3) is 0.526. The lowest BCUT2D eigenvalue weighted by Crippen LogP contribution is -2.42. The monoisotopic (exact) mass is 360 g/mol. The fourth-order valence-corrected chi connectivity index (χ4v) is 3.13. The van der Waals surface area contributed by atoms with Crippen molar-refractivity contribution in [2.75, 3.05) is 51.4 Å². The minimum atomic E-state index is -0.598. The molecule has 26 heavy (non-hydrogen) atoms. The molecular formula is C19H24N2O5. The molecule has 1 saturated heterocycles. The maximum atomic E-state index is 11.7. The van der Waals surface area contributed by atoms with Crippen LogP contribution in [-0.4, -0.2) is 68.1 Å². The number of hydrogen-bond donors (Lipinski definition) is 2. The number of ether oxygens (including phenoxy) is 3. The molecule has 7 heteroatoms. The molecule has 2 aliphatic rings. The number of fused-ring (bicyclic) bond motifs is 1. The molecule has 1 aromatic rings. The van der Waals surface area contributed by atoms with Gasteiger partial charge in [0.05, 0.1) is 18.9 Å². The van der Waals surface area contributed by atoms with Crippen molar-refractivity contribution in [2.24, 2.45) is 0 Å². The van der Waals surface area contributed by atoms with E-state index in [0.717, 1.165) is 18.7 Å². The van der Waals surface area contributed by atoms with E-state index in [2.05, 4.69) is 16.1 Å². The zero-order valence-corrected chi connectivity index (χ0v) is 14.7. The molecule has 1 aromatic carbocycles. The van der Waals surface area contributed by atoms with E-state index in [-0.39, 0.29) is 19.1 Å². The van der Waals surface area contributed by atoms with Crippen molar-refractivity contribution < 1.29 is 24.1 Å². The molecule has 0 radical (unpaired) electrons. The van der Waals surface area contributed by atoms with Gasteiger partial charge in [-0.25, -0.2) is 0 Å². The Kier molecular flexibility index (Phi) is 6.34. The standard InChI is InChI=1S/C19H24N2O5/c1-2-9-25-17-5-4-16(15-3-6-18(23)20-19(15)17)26-13-14(22)12-21-7-10-24-11-8-21/h1,4-5,14,22H,3,6-13H2,(H,20,23). The minimum Gasteiger partial charge on any atom is -0.490 e. The summed E-state index contributed by atoms with van der Waals surface area (Å²) in [7, 11) is 0. The Bertz CT molecular complexity index is 679. The van der Waals surface area contributed by atoms with Crippen molar-refractivity contribution in [3.63, 3.8) is 0 Å². The average Bonchev–Trinajstić information content (AvgIpc) is 2.65. The van der Waals surface area contributed by atoms with Gasteiger partial charge in [-0.15, -0.1) is 6.42 Å². The molecule has 140 valence electrons. The molecule has 0 aliphatic carbocycles. The Morgan fingerprint density at radius 1 is 1.27 bits per heavy atom. The van der Waals surface area contributed by atoms with E-state index in [1.807, 2.05) is 0 Å². The van der Waals surface area contributed by atoms with Crippen LogP contribution in [0.2, 0.25) is 0 Å². The van der Waals surface area contributed by atoms with Gasteiger partial charge in [0, 0.05) is 31.6 Å². The number of nitrogens with one attached hydrogen (secondary N) is 1. The van der Waals surface area contributed by atoms with Crippen LogP contribution in [0.1, 0.15) is 12.0 Å². The van der Waals surface area contributed by atoms with Crippen molar-refractivity contribution >= 4 is 11.6 Å². The van der Waals surface area contributed by atoms with Crippen LogP contribution in [0.5, 0.6) is 11.5 Å². The summed E-state index contributed by atoms with van der Waals surface area (Å²) in [4.78, 5) is 13.9. The van der Waals surface area contributed by atoms with Crippen LogP contribution in [0.15, 0.2) is 12.1 Å². The molecule has 2 aliphatic heterocycles. The van der Waals surface area contributed by atoms with Gasteiger partial charge in [0.2, 0.25) is 5.91 Å². The average molecular weight is 360 g/mol. The molecule has 2 N–H and O–H groups in total. The van der Waals surface area contributed by atoms with Crippen LogP contribution in [0.4, 0.5) is 5.69 Å². The van der Waals surface area contributed by atoms with Crippen molar-refractivity contribution in [3.8, 4) is 23.8 Å². The van der Waals surface area contributed by atoms with Gasteiger partial charge >= 0.3 is 0 Å². The maximum Gasteiger partial charge on any atom is 0.224 e. The van der Waals surface area contributed by atoms with Crippen LogP contribution in [0.3, 0.4) is 0 Å². The molecule has 0 bridgehead atoms. The third kappa shape index (κ3) is 4.67. The summed E-state index contributed by atoms with van der Waals surface area (Å²) in [6, 6.07) is 3.52. The van der Waals surface area contributed by atoms with E-state index in [4.69, 9.17) is 20.6 Å². The third-order valence-corrected chi connectivity index (χ3v) is 4.41. The van der Waals surface area contributed by atoms with Gasteiger partial charge in [0.25, 0.3) is 0 Å². The predicted octanol–water partition coefficient (Wildman–Crippen LogP) is 0.655. The van der Waals surface area contributed by atoms with Crippen LogP contribution < -0.4 is 14.8 Å². The molecular weight excluding hydrogens is 336 g/mol. The molecule has 3 rings (SSSR count). The molecule has 1 fully saturated rings. The highest BCUT2D eigenvalue weighted by Gasteiger charge is 2.23. The van der Waals surface area contributed by atoms with E-state index in [0.29, 0.717) is 49.8 Å². The van der Waals surface area contributed by atoms with Crippen LogP contribution in [-0.2, 0) is 16.0 Å². The number of β-amino-alcohol motifs (C(OH)–C–C–N with tert-alkyl or cyclic N) is 1. The summed E-state index contributed by atoms with van der Waals surface area (Å²) in [5.74, 6) is 3.53.